The lowest BCUT2D eigenvalue weighted by atomic mass is 9.51. The molecule has 0 saturated carbocycles. The maximum absolute atomic E-state index is 13.3. The summed E-state index contributed by atoms with van der Waals surface area (Å²) in [4.78, 5) is 25.8. The SMILES string of the molecule is [B]c1cc(CC(N)C(=O)NC(Cc2ccc(F)cc2)C(=O)OCC)ccc1N(C([B])(O)C([B])([B])Cl)C([B])(O)C([B])([B])Cl. The molecule has 2 aromatic rings. The molecule has 0 bridgehead atoms. The van der Waals surface area contributed by atoms with E-state index in [4.69, 9.17) is 88.6 Å². The number of rotatable bonds is 13. The predicted molar refractivity (Wildman–Crippen MR) is 166 cm³/mol. The Bertz CT molecular complexity index is 1240. The molecule has 1 amide bonds. The minimum Gasteiger partial charge on any atom is -0.464 e. The van der Waals surface area contributed by atoms with Gasteiger partial charge in [-0.2, -0.15) is 0 Å². The van der Waals surface area contributed by atoms with Crippen molar-refractivity contribution in [1.29, 1.82) is 0 Å². The van der Waals surface area contributed by atoms with Gasteiger partial charge in [-0.25, -0.2) is 9.18 Å². The van der Waals surface area contributed by atoms with E-state index in [9.17, 15) is 24.2 Å². The van der Waals surface area contributed by atoms with Gasteiger partial charge in [0.15, 0.2) is 0 Å². The molecule has 14 radical (unpaired) electrons. The van der Waals surface area contributed by atoms with Gasteiger partial charge in [0.05, 0.1) is 55.3 Å². The Morgan fingerprint density at radius 2 is 1.48 bits per heavy atom. The zero-order chi connectivity index (χ0) is 32.3. The van der Waals surface area contributed by atoms with E-state index in [1.165, 1.54) is 42.5 Å². The van der Waals surface area contributed by atoms with Crippen molar-refractivity contribution in [1.82, 2.24) is 5.32 Å². The molecule has 0 aliphatic rings. The van der Waals surface area contributed by atoms with Crippen LogP contribution in [0.5, 0.6) is 0 Å². The largest absolute Gasteiger partial charge is 0.464 e. The highest BCUT2D eigenvalue weighted by Crippen LogP contribution is 2.38. The van der Waals surface area contributed by atoms with E-state index in [-0.39, 0.29) is 30.6 Å². The second-order valence-electron chi connectivity index (χ2n) is 9.67. The van der Waals surface area contributed by atoms with Gasteiger partial charge in [0.1, 0.15) is 35.4 Å². The van der Waals surface area contributed by atoms with Gasteiger partial charge < -0.3 is 30.9 Å². The quantitative estimate of drug-likeness (QED) is 0.0883. The Kier molecular flexibility index (Phi) is 11.9. The normalized spacial score (nSPS) is 16.4. The molecular weight excluding hydrogens is 576 g/mol. The summed E-state index contributed by atoms with van der Waals surface area (Å²) >= 11 is 11.7. The number of aliphatic hydroxyl groups is 2. The molecule has 2 aromatic carbocycles. The Morgan fingerprint density at radius 3 is 1.93 bits per heavy atom. The van der Waals surface area contributed by atoms with E-state index in [1.54, 1.807) is 6.92 Å². The van der Waals surface area contributed by atoms with Gasteiger partial charge >= 0.3 is 5.97 Å². The van der Waals surface area contributed by atoms with Gasteiger partial charge in [-0.15, -0.1) is 23.2 Å². The number of halogens is 3. The monoisotopic (exact) mass is 599 g/mol. The number of nitrogens with one attached hydrogen (secondary N) is 1. The molecular formula is C24H23B7Cl2FN3O5. The lowest BCUT2D eigenvalue weighted by molar-refractivity contribution is -0.147. The molecule has 0 aromatic heterocycles. The van der Waals surface area contributed by atoms with Crippen LogP contribution in [0.1, 0.15) is 18.1 Å². The highest BCUT2D eigenvalue weighted by atomic mass is 35.5. The van der Waals surface area contributed by atoms with E-state index in [1.807, 2.05) is 0 Å². The smallest absolute Gasteiger partial charge is 0.328 e. The third-order valence-corrected chi connectivity index (χ3v) is 6.73. The summed E-state index contributed by atoms with van der Waals surface area (Å²) in [5.74, 6) is -1.87. The fourth-order valence-electron chi connectivity index (χ4n) is 3.82. The first kappa shape index (κ1) is 36.2. The number of ether oxygens (including phenoxy) is 1. The van der Waals surface area contributed by atoms with E-state index in [0.717, 1.165) is 0 Å². The van der Waals surface area contributed by atoms with Gasteiger partial charge in [-0.3, -0.25) is 4.79 Å². The predicted octanol–water partition coefficient (Wildman–Crippen LogP) is -2.33. The van der Waals surface area contributed by atoms with Gasteiger partial charge in [-0.1, -0.05) is 29.7 Å². The Labute approximate surface area is 263 Å². The molecule has 42 heavy (non-hydrogen) atoms. The Hall–Kier alpha value is -1.98. The van der Waals surface area contributed by atoms with Crippen LogP contribution < -0.4 is 21.4 Å². The first-order valence-corrected chi connectivity index (χ1v) is 13.1. The molecule has 0 aliphatic heterocycles. The second kappa shape index (κ2) is 13.8. The summed E-state index contributed by atoms with van der Waals surface area (Å²) in [7, 11) is 40.2. The molecule has 0 heterocycles. The minimum absolute atomic E-state index is 0.0216. The van der Waals surface area contributed by atoms with Crippen molar-refractivity contribution in [2.24, 2.45) is 5.73 Å². The second-order valence-corrected chi connectivity index (χ2v) is 10.9. The molecule has 8 nitrogen and oxygen atoms in total. The third-order valence-electron chi connectivity index (χ3n) is 6.18. The molecule has 4 atom stereocenters. The van der Waals surface area contributed by atoms with Crippen LogP contribution in [0, 0.1) is 5.82 Å². The van der Waals surface area contributed by atoms with Crippen LogP contribution in [0.15, 0.2) is 42.5 Å². The lowest BCUT2D eigenvalue weighted by Crippen LogP contribution is -2.76. The number of amides is 1. The van der Waals surface area contributed by atoms with E-state index in [2.05, 4.69) is 5.32 Å². The molecule has 0 spiro atoms. The standard InChI is InChI=1S/C24H23B7Cl2FN3O5/c1-2-42-20(39)17(11-12-3-6-14(34)7-4-12)36-19(38)16(35)10-13-5-8-18(15(25)9-13)37(23(30,40)21(26,27)32)24(31,41)22(28,29)33/h3-9,16-17,40-41H,2,10-11,35H2,1H3,(H,36,38). The third kappa shape index (κ3) is 8.56. The van der Waals surface area contributed by atoms with Crippen LogP contribution in [0.4, 0.5) is 10.1 Å². The molecule has 5 N–H and O–H groups in total. The summed E-state index contributed by atoms with van der Waals surface area (Å²) in [6.07, 6.45) is -0.0869. The van der Waals surface area contributed by atoms with Gasteiger partial charge in [0.2, 0.25) is 5.91 Å². The zero-order valence-electron chi connectivity index (χ0n) is 22.6. The molecule has 0 fully saturated rings. The summed E-state index contributed by atoms with van der Waals surface area (Å²) in [5, 5.41) is 24.3. The fourth-order valence-corrected chi connectivity index (χ4v) is 3.99. The fraction of sp³-hybridized carbons (Fsp3) is 0.417. The molecule has 0 saturated heterocycles. The molecule has 18 heteroatoms. The van der Waals surface area contributed by atoms with Crippen LogP contribution in [0.2, 0.25) is 0 Å². The zero-order valence-corrected chi connectivity index (χ0v) is 24.1. The molecule has 2 rings (SSSR count). The highest BCUT2D eigenvalue weighted by Gasteiger charge is 2.52. The lowest BCUT2D eigenvalue weighted by Gasteiger charge is -2.58. The van der Waals surface area contributed by atoms with Crippen molar-refractivity contribution in [2.45, 2.75) is 52.4 Å². The number of benzene rings is 2. The topological polar surface area (TPSA) is 125 Å². The van der Waals surface area contributed by atoms with Crippen LogP contribution in [-0.2, 0) is 27.2 Å². The number of alkyl halides is 2. The van der Waals surface area contributed by atoms with Gasteiger partial charge in [-0.05, 0) is 42.7 Å². The minimum atomic E-state index is -3.06. The van der Waals surface area contributed by atoms with Crippen molar-refractivity contribution < 1.29 is 28.9 Å². The maximum atomic E-state index is 13.3. The average Bonchev–Trinajstić information content (AvgIpc) is 2.84. The van der Waals surface area contributed by atoms with E-state index in [0.29, 0.717) is 16.0 Å². The Balaban J connectivity index is 2.32. The van der Waals surface area contributed by atoms with Gasteiger partial charge in [0, 0.05) is 21.5 Å². The van der Waals surface area contributed by atoms with Crippen molar-refractivity contribution in [3.63, 3.8) is 0 Å². The average molecular weight is 599 g/mol. The number of esters is 1. The summed E-state index contributed by atoms with van der Waals surface area (Å²) in [5.41, 5.74) is 0.405. The number of carbonyl (C=O) groups excluding carboxylic acids is 2. The van der Waals surface area contributed by atoms with Gasteiger partial charge in [0.25, 0.3) is 0 Å². The summed E-state index contributed by atoms with van der Waals surface area (Å²) < 4.78 is 13.0. The Morgan fingerprint density at radius 1 is 0.976 bits per heavy atom. The van der Waals surface area contributed by atoms with Crippen LogP contribution >= 0.6 is 23.2 Å². The number of nitrogens with zero attached hydrogens (tertiary/aromatic N) is 1. The first-order chi connectivity index (χ1) is 19.1. The van der Waals surface area contributed by atoms with Crippen LogP contribution in [0.25, 0.3) is 0 Å². The molecule has 0 aliphatic carbocycles. The summed E-state index contributed by atoms with van der Waals surface area (Å²) in [6, 6.07) is 6.97. The van der Waals surface area contributed by atoms with Crippen molar-refractivity contribution >= 4 is 101 Å². The van der Waals surface area contributed by atoms with Crippen molar-refractivity contribution in [3.8, 4) is 0 Å². The number of hydrogen-bond donors (Lipinski definition) is 4. The number of anilines is 1. The number of nitrogens with two attached hydrogens (primary N) is 1. The van der Waals surface area contributed by atoms with Crippen molar-refractivity contribution in [3.05, 3.63) is 59.4 Å². The maximum Gasteiger partial charge on any atom is 0.328 e. The number of carbonyl (C=O) groups is 2. The van der Waals surface area contributed by atoms with Crippen LogP contribution in [-0.4, -0.2) is 116 Å². The molecule has 4 unspecified atom stereocenters. The van der Waals surface area contributed by atoms with Crippen molar-refractivity contribution in [2.75, 3.05) is 11.5 Å². The first-order valence-electron chi connectivity index (χ1n) is 12.3. The molecule has 206 valence electrons. The van der Waals surface area contributed by atoms with E-state index < -0.39 is 50.4 Å². The van der Waals surface area contributed by atoms with E-state index >= 15 is 0 Å². The summed E-state index contributed by atoms with van der Waals surface area (Å²) in [6.45, 7) is 1.67. The number of hydrogen-bond acceptors (Lipinski definition) is 7. The van der Waals surface area contributed by atoms with Crippen LogP contribution in [0.3, 0.4) is 0 Å². The highest BCUT2D eigenvalue weighted by molar-refractivity contribution is 6.67.